The number of nitrogens with zero attached hydrogens (tertiary/aromatic N) is 1. The molecule has 0 spiro atoms. The molecule has 1 aromatic carbocycles. The number of nitrogens with one attached hydrogen (secondary N) is 1. The van der Waals surface area contributed by atoms with Gasteiger partial charge in [-0.2, -0.15) is 12.6 Å². The van der Waals surface area contributed by atoms with Crippen LogP contribution in [0.15, 0.2) is 40.2 Å². The van der Waals surface area contributed by atoms with E-state index in [2.05, 4.69) is 22.6 Å². The van der Waals surface area contributed by atoms with Crippen LogP contribution in [0, 0.1) is 0 Å². The molecule has 0 bridgehead atoms. The van der Waals surface area contributed by atoms with Crippen LogP contribution < -0.4 is 5.56 Å². The lowest BCUT2D eigenvalue weighted by molar-refractivity contribution is -0.112. The molecule has 1 aliphatic heterocycles. The van der Waals surface area contributed by atoms with Crippen molar-refractivity contribution in [3.63, 3.8) is 0 Å². The maximum atomic E-state index is 12.2. The second-order valence-electron chi connectivity index (χ2n) is 4.49. The molecule has 0 amide bonds. The Morgan fingerprint density at radius 2 is 2.00 bits per heavy atom. The molecule has 1 aromatic heterocycles. The first-order valence-electron chi connectivity index (χ1n) is 6.23. The van der Waals surface area contributed by atoms with Crippen molar-refractivity contribution in [3.8, 4) is 11.4 Å². The minimum atomic E-state index is -0.381. The SMILES string of the molecule is O=C1Sc2nc(-c3ccccc3)[nH]c(=O)c2C1CCS. The zero-order valence-electron chi connectivity index (χ0n) is 10.5. The fourth-order valence-corrected chi connectivity index (χ4v) is 3.56. The van der Waals surface area contributed by atoms with Crippen molar-refractivity contribution in [1.82, 2.24) is 9.97 Å². The smallest absolute Gasteiger partial charge is 0.256 e. The Hall–Kier alpha value is -1.53. The third-order valence-corrected chi connectivity index (χ3v) is 4.46. The number of fused-ring (bicyclic) bond motifs is 1. The molecule has 6 heteroatoms. The zero-order chi connectivity index (χ0) is 14.1. The summed E-state index contributed by atoms with van der Waals surface area (Å²) in [6.45, 7) is 0. The fourth-order valence-electron chi connectivity index (χ4n) is 2.26. The molecule has 1 unspecified atom stereocenters. The average molecular weight is 304 g/mol. The van der Waals surface area contributed by atoms with Crippen LogP contribution in [-0.2, 0) is 4.79 Å². The lowest BCUT2D eigenvalue weighted by atomic mass is 10.0. The van der Waals surface area contributed by atoms with Crippen LogP contribution in [0.5, 0.6) is 0 Å². The molecule has 2 aromatic rings. The standard InChI is InChI=1S/C14H12N2O2S2/c17-12-10-9(6-7-19)14(18)20-13(10)16-11(15-12)8-4-2-1-3-5-8/h1-5,9,19H,6-7H2,(H,15,16,17). The quantitative estimate of drug-likeness (QED) is 0.675. The zero-order valence-corrected chi connectivity index (χ0v) is 12.2. The van der Waals surface area contributed by atoms with Gasteiger partial charge in [-0.3, -0.25) is 9.59 Å². The molecule has 0 aliphatic carbocycles. The topological polar surface area (TPSA) is 62.8 Å². The van der Waals surface area contributed by atoms with E-state index in [-0.39, 0.29) is 16.6 Å². The number of hydrogen-bond acceptors (Lipinski definition) is 5. The molecule has 0 radical (unpaired) electrons. The Morgan fingerprint density at radius 1 is 1.25 bits per heavy atom. The maximum Gasteiger partial charge on any atom is 0.256 e. The van der Waals surface area contributed by atoms with Crippen LogP contribution in [0.3, 0.4) is 0 Å². The van der Waals surface area contributed by atoms with Crippen molar-refractivity contribution in [2.24, 2.45) is 0 Å². The summed E-state index contributed by atoms with van der Waals surface area (Å²) >= 11 is 5.20. The first-order chi connectivity index (χ1) is 9.70. The van der Waals surface area contributed by atoms with E-state index in [0.717, 1.165) is 17.3 Å². The molecule has 0 saturated heterocycles. The van der Waals surface area contributed by atoms with Crippen molar-refractivity contribution in [3.05, 3.63) is 46.2 Å². The van der Waals surface area contributed by atoms with E-state index in [9.17, 15) is 9.59 Å². The summed E-state index contributed by atoms with van der Waals surface area (Å²) in [4.78, 5) is 31.4. The van der Waals surface area contributed by atoms with Crippen LogP contribution in [0.2, 0.25) is 0 Å². The number of aromatic amines is 1. The van der Waals surface area contributed by atoms with Crippen LogP contribution in [0.25, 0.3) is 11.4 Å². The van der Waals surface area contributed by atoms with E-state index in [1.165, 1.54) is 0 Å². The van der Waals surface area contributed by atoms with Crippen molar-refractivity contribution < 1.29 is 4.79 Å². The van der Waals surface area contributed by atoms with Gasteiger partial charge in [0.15, 0.2) is 0 Å². The summed E-state index contributed by atoms with van der Waals surface area (Å²) in [5.74, 6) is 0.686. The summed E-state index contributed by atoms with van der Waals surface area (Å²) < 4.78 is 0. The number of H-pyrrole nitrogens is 1. The Morgan fingerprint density at radius 3 is 2.70 bits per heavy atom. The van der Waals surface area contributed by atoms with Crippen LogP contribution in [-0.4, -0.2) is 20.8 Å². The predicted molar refractivity (Wildman–Crippen MR) is 82.4 cm³/mol. The molecule has 3 rings (SSSR count). The highest BCUT2D eigenvalue weighted by molar-refractivity contribution is 8.14. The third kappa shape index (κ3) is 2.29. The molecule has 4 nitrogen and oxygen atoms in total. The van der Waals surface area contributed by atoms with Crippen molar-refractivity contribution in [2.45, 2.75) is 17.4 Å². The van der Waals surface area contributed by atoms with Crippen molar-refractivity contribution >= 4 is 29.5 Å². The van der Waals surface area contributed by atoms with Crippen LogP contribution in [0.1, 0.15) is 17.9 Å². The summed E-state index contributed by atoms with van der Waals surface area (Å²) in [6.07, 6.45) is 0.567. The number of thioether (sulfide) groups is 1. The number of hydrogen-bond donors (Lipinski definition) is 2. The summed E-state index contributed by atoms with van der Waals surface area (Å²) in [5.41, 5.74) is 1.10. The van der Waals surface area contributed by atoms with Crippen molar-refractivity contribution in [2.75, 3.05) is 5.75 Å². The van der Waals surface area contributed by atoms with E-state index in [4.69, 9.17) is 0 Å². The first kappa shape index (κ1) is 13.5. The van der Waals surface area contributed by atoms with Gasteiger partial charge in [-0.15, -0.1) is 0 Å². The number of carbonyl (C=O) groups excluding carboxylic acids is 1. The average Bonchev–Trinajstić information content (AvgIpc) is 2.77. The second-order valence-corrected chi connectivity index (χ2v) is 5.93. The minimum Gasteiger partial charge on any atom is -0.306 e. The van der Waals surface area contributed by atoms with Gasteiger partial charge in [0.05, 0.1) is 11.5 Å². The molecule has 1 N–H and O–H groups in total. The van der Waals surface area contributed by atoms with Gasteiger partial charge < -0.3 is 4.98 Å². The van der Waals surface area contributed by atoms with E-state index >= 15 is 0 Å². The Kier molecular flexibility index (Phi) is 3.67. The van der Waals surface area contributed by atoms with Crippen molar-refractivity contribution in [1.29, 1.82) is 0 Å². The number of benzene rings is 1. The lowest BCUT2D eigenvalue weighted by Crippen LogP contribution is -2.19. The van der Waals surface area contributed by atoms with Gasteiger partial charge in [-0.1, -0.05) is 30.3 Å². The summed E-state index contributed by atoms with van der Waals surface area (Å²) in [6, 6.07) is 9.40. The largest absolute Gasteiger partial charge is 0.306 e. The fraction of sp³-hybridized carbons (Fsp3) is 0.214. The molecule has 20 heavy (non-hydrogen) atoms. The molecule has 1 aliphatic rings. The summed E-state index contributed by atoms with van der Waals surface area (Å²) in [5, 5.41) is 0.515. The van der Waals surface area contributed by atoms with Gasteiger partial charge in [-0.05, 0) is 23.9 Å². The van der Waals surface area contributed by atoms with E-state index in [1.54, 1.807) is 0 Å². The number of carbonyl (C=O) groups is 1. The van der Waals surface area contributed by atoms with Gasteiger partial charge in [-0.25, -0.2) is 4.98 Å². The van der Waals surface area contributed by atoms with E-state index in [1.807, 2.05) is 30.3 Å². The lowest BCUT2D eigenvalue weighted by Gasteiger charge is -2.07. The van der Waals surface area contributed by atoms with Gasteiger partial charge in [0.25, 0.3) is 5.56 Å². The Balaban J connectivity index is 2.10. The highest BCUT2D eigenvalue weighted by Crippen LogP contribution is 2.40. The first-order valence-corrected chi connectivity index (χ1v) is 7.68. The minimum absolute atomic E-state index is 0.0164. The predicted octanol–water partition coefficient (Wildman–Crippen LogP) is 2.47. The highest BCUT2D eigenvalue weighted by Gasteiger charge is 2.35. The summed E-state index contributed by atoms with van der Waals surface area (Å²) in [7, 11) is 0. The number of rotatable bonds is 3. The normalized spacial score (nSPS) is 17.2. The van der Waals surface area contributed by atoms with Crippen LogP contribution >= 0.6 is 24.4 Å². The van der Waals surface area contributed by atoms with Crippen LogP contribution in [0.4, 0.5) is 0 Å². The highest BCUT2D eigenvalue weighted by atomic mass is 32.2. The van der Waals surface area contributed by atoms with E-state index in [0.29, 0.717) is 28.6 Å². The molecule has 102 valence electrons. The van der Waals surface area contributed by atoms with Gasteiger partial charge in [0.1, 0.15) is 10.9 Å². The third-order valence-electron chi connectivity index (χ3n) is 3.22. The maximum absolute atomic E-state index is 12.2. The Labute approximate surface area is 125 Å². The second kappa shape index (κ2) is 5.46. The molecule has 0 saturated carbocycles. The Bertz CT molecular complexity index is 713. The molecular formula is C14H12N2O2S2. The van der Waals surface area contributed by atoms with Gasteiger partial charge >= 0.3 is 0 Å². The molecule has 0 fully saturated rings. The molecular weight excluding hydrogens is 292 g/mol. The monoisotopic (exact) mass is 304 g/mol. The molecule has 1 atom stereocenters. The molecule has 2 heterocycles. The number of thiol groups is 1. The number of aromatic nitrogens is 2. The van der Waals surface area contributed by atoms with Gasteiger partial charge in [0, 0.05) is 5.56 Å². The van der Waals surface area contributed by atoms with Gasteiger partial charge in [0.2, 0.25) is 5.12 Å². The van der Waals surface area contributed by atoms with E-state index < -0.39 is 0 Å².